The van der Waals surface area contributed by atoms with E-state index in [0.29, 0.717) is 5.76 Å². The van der Waals surface area contributed by atoms with Crippen molar-refractivity contribution in [1.82, 2.24) is 4.90 Å². The van der Waals surface area contributed by atoms with Crippen LogP contribution in [0.15, 0.2) is 31.5 Å². The molecule has 0 aliphatic heterocycles. The summed E-state index contributed by atoms with van der Waals surface area (Å²) >= 11 is 1.08. The minimum absolute atomic E-state index is 0.0542. The number of thiophene rings is 1. The summed E-state index contributed by atoms with van der Waals surface area (Å²) in [5, 5.41) is 18.1. The van der Waals surface area contributed by atoms with E-state index in [9.17, 15) is 19.5 Å². The molecule has 1 atom stereocenters. The standard InChI is InChI=1S/C21H25N3O5S/c1-10-7-8-12(29-10)18(21(2,3)4)22-13-14(17(27)16(13)26)23-19-15(25)11(9-30-19)20(28)24(5)6/h7-9,18,22-23,25H,1-6H3/t18-/m0/s1. The predicted molar refractivity (Wildman–Crippen MR) is 118 cm³/mol. The summed E-state index contributed by atoms with van der Waals surface area (Å²) in [6.07, 6.45) is 0. The third-order valence-electron chi connectivity index (χ3n) is 4.75. The maximum absolute atomic E-state index is 12.3. The molecule has 0 spiro atoms. The van der Waals surface area contributed by atoms with Gasteiger partial charge >= 0.3 is 0 Å². The molecule has 0 unspecified atom stereocenters. The van der Waals surface area contributed by atoms with Gasteiger partial charge in [-0.2, -0.15) is 0 Å². The fraction of sp³-hybridized carbons (Fsp3) is 0.381. The monoisotopic (exact) mass is 431 g/mol. The van der Waals surface area contributed by atoms with Gasteiger partial charge in [0.25, 0.3) is 16.8 Å². The second-order valence-electron chi connectivity index (χ2n) is 8.45. The predicted octanol–water partition coefficient (Wildman–Crippen LogP) is 3.60. The summed E-state index contributed by atoms with van der Waals surface area (Å²) in [6.45, 7) is 7.81. The van der Waals surface area contributed by atoms with E-state index in [4.69, 9.17) is 4.42 Å². The van der Waals surface area contributed by atoms with Crippen LogP contribution < -0.4 is 21.5 Å². The highest BCUT2D eigenvalue weighted by Gasteiger charge is 2.33. The number of aromatic hydroxyl groups is 1. The molecule has 0 saturated carbocycles. The molecule has 3 N–H and O–H groups in total. The first-order valence-electron chi connectivity index (χ1n) is 9.37. The second kappa shape index (κ2) is 7.64. The van der Waals surface area contributed by atoms with Crippen LogP contribution >= 0.6 is 11.3 Å². The number of carbonyl (C=O) groups is 1. The molecule has 0 saturated heterocycles. The Morgan fingerprint density at radius 2 is 1.80 bits per heavy atom. The maximum atomic E-state index is 12.3. The van der Waals surface area contributed by atoms with Gasteiger partial charge in [0.05, 0.1) is 11.6 Å². The molecule has 9 heteroatoms. The summed E-state index contributed by atoms with van der Waals surface area (Å²) < 4.78 is 5.75. The zero-order chi connectivity index (χ0) is 22.4. The second-order valence-corrected chi connectivity index (χ2v) is 9.33. The number of furan rings is 1. The molecular weight excluding hydrogens is 406 g/mol. The van der Waals surface area contributed by atoms with E-state index in [1.165, 1.54) is 10.3 Å². The van der Waals surface area contributed by atoms with Crippen molar-refractivity contribution in [1.29, 1.82) is 0 Å². The fourth-order valence-electron chi connectivity index (χ4n) is 3.06. The number of amides is 1. The van der Waals surface area contributed by atoms with Crippen molar-refractivity contribution in [2.75, 3.05) is 24.7 Å². The summed E-state index contributed by atoms with van der Waals surface area (Å²) in [6, 6.07) is 3.31. The lowest BCUT2D eigenvalue weighted by molar-refractivity contribution is 0.0825. The minimum Gasteiger partial charge on any atom is -0.504 e. The molecule has 0 aliphatic rings. The van der Waals surface area contributed by atoms with Gasteiger partial charge in [-0.05, 0) is 24.5 Å². The fourth-order valence-corrected chi connectivity index (χ4v) is 3.89. The number of nitrogens with one attached hydrogen (secondary N) is 2. The number of anilines is 3. The van der Waals surface area contributed by atoms with E-state index in [2.05, 4.69) is 10.6 Å². The Labute approximate surface area is 177 Å². The SMILES string of the molecule is Cc1ccc([C@H](Nc2c(Nc3scc(C(=O)N(C)C)c3O)c(=O)c2=O)C(C)(C)C)o1. The van der Waals surface area contributed by atoms with E-state index < -0.39 is 10.9 Å². The number of aryl methyl sites for hydroxylation is 1. The van der Waals surface area contributed by atoms with Crippen molar-refractivity contribution in [3.63, 3.8) is 0 Å². The molecule has 8 nitrogen and oxygen atoms in total. The lowest BCUT2D eigenvalue weighted by Gasteiger charge is -2.31. The Hall–Kier alpha value is -3.07. The van der Waals surface area contributed by atoms with Crippen LogP contribution in [0.2, 0.25) is 0 Å². The Morgan fingerprint density at radius 1 is 1.17 bits per heavy atom. The van der Waals surface area contributed by atoms with Gasteiger partial charge in [0.1, 0.15) is 27.9 Å². The van der Waals surface area contributed by atoms with Gasteiger partial charge in [-0.3, -0.25) is 14.4 Å². The minimum atomic E-state index is -0.686. The average molecular weight is 432 g/mol. The molecule has 0 radical (unpaired) electrons. The highest BCUT2D eigenvalue weighted by molar-refractivity contribution is 7.15. The molecule has 1 amide bonds. The van der Waals surface area contributed by atoms with Crippen LogP contribution in [0.5, 0.6) is 5.75 Å². The molecular formula is C21H25N3O5S. The van der Waals surface area contributed by atoms with Crippen LogP contribution in [-0.2, 0) is 0 Å². The number of nitrogens with zero attached hydrogens (tertiary/aromatic N) is 1. The van der Waals surface area contributed by atoms with Gasteiger partial charge in [0.15, 0.2) is 5.75 Å². The Kier molecular flexibility index (Phi) is 5.51. The van der Waals surface area contributed by atoms with Crippen molar-refractivity contribution in [3.05, 3.63) is 55.0 Å². The third-order valence-corrected chi connectivity index (χ3v) is 5.64. The highest BCUT2D eigenvalue weighted by atomic mass is 32.1. The largest absolute Gasteiger partial charge is 0.504 e. The van der Waals surface area contributed by atoms with E-state index in [-0.39, 0.29) is 45.1 Å². The maximum Gasteiger partial charge on any atom is 0.258 e. The van der Waals surface area contributed by atoms with Crippen LogP contribution in [0.4, 0.5) is 16.4 Å². The van der Waals surface area contributed by atoms with Crippen molar-refractivity contribution in [2.24, 2.45) is 5.41 Å². The van der Waals surface area contributed by atoms with Crippen LogP contribution in [0.3, 0.4) is 0 Å². The smallest absolute Gasteiger partial charge is 0.258 e. The van der Waals surface area contributed by atoms with Gasteiger partial charge in [-0.15, -0.1) is 11.3 Å². The third kappa shape index (κ3) is 3.85. The molecule has 2 heterocycles. The van der Waals surface area contributed by atoms with Crippen LogP contribution in [0, 0.1) is 12.3 Å². The lowest BCUT2D eigenvalue weighted by Crippen LogP contribution is -2.39. The number of hydrogen-bond donors (Lipinski definition) is 3. The summed E-state index contributed by atoms with van der Waals surface area (Å²) in [5.41, 5.74) is -1.35. The normalized spacial score (nSPS) is 12.7. The quantitative estimate of drug-likeness (QED) is 0.511. The first-order chi connectivity index (χ1) is 13.9. The highest BCUT2D eigenvalue weighted by Crippen LogP contribution is 2.40. The van der Waals surface area contributed by atoms with Crippen molar-refractivity contribution < 1.29 is 14.3 Å². The van der Waals surface area contributed by atoms with Crippen molar-refractivity contribution >= 4 is 33.6 Å². The zero-order valence-corrected chi connectivity index (χ0v) is 18.6. The molecule has 30 heavy (non-hydrogen) atoms. The van der Waals surface area contributed by atoms with Crippen molar-refractivity contribution in [2.45, 2.75) is 33.7 Å². The van der Waals surface area contributed by atoms with Crippen molar-refractivity contribution in [3.8, 4) is 5.75 Å². The molecule has 0 bridgehead atoms. The first-order valence-corrected chi connectivity index (χ1v) is 10.2. The molecule has 3 aromatic rings. The van der Waals surface area contributed by atoms with Gasteiger partial charge in [0, 0.05) is 19.5 Å². The van der Waals surface area contributed by atoms with E-state index in [0.717, 1.165) is 17.1 Å². The molecule has 0 aliphatic carbocycles. The van der Waals surface area contributed by atoms with E-state index >= 15 is 0 Å². The molecule has 2 aromatic heterocycles. The Bertz CT molecular complexity index is 1160. The number of hydrogen-bond acceptors (Lipinski definition) is 8. The Morgan fingerprint density at radius 3 is 2.33 bits per heavy atom. The molecule has 1 aromatic carbocycles. The summed E-state index contributed by atoms with van der Waals surface area (Å²) in [4.78, 5) is 38.0. The van der Waals surface area contributed by atoms with E-state index in [1.807, 2.05) is 39.8 Å². The van der Waals surface area contributed by atoms with Gasteiger partial charge in [-0.25, -0.2) is 0 Å². The lowest BCUT2D eigenvalue weighted by atomic mass is 9.85. The van der Waals surface area contributed by atoms with Gasteiger partial charge < -0.3 is 25.1 Å². The zero-order valence-electron chi connectivity index (χ0n) is 17.7. The van der Waals surface area contributed by atoms with Crippen LogP contribution in [0.1, 0.15) is 48.7 Å². The summed E-state index contributed by atoms with van der Waals surface area (Å²) in [7, 11) is 3.16. The number of rotatable bonds is 6. The molecule has 3 rings (SSSR count). The molecule has 160 valence electrons. The van der Waals surface area contributed by atoms with Crippen LogP contribution in [-0.4, -0.2) is 30.0 Å². The summed E-state index contributed by atoms with van der Waals surface area (Å²) in [5.74, 6) is 0.774. The van der Waals surface area contributed by atoms with Crippen LogP contribution in [0.25, 0.3) is 0 Å². The molecule has 0 fully saturated rings. The van der Waals surface area contributed by atoms with E-state index in [1.54, 1.807) is 14.1 Å². The van der Waals surface area contributed by atoms with Gasteiger partial charge in [0.2, 0.25) is 0 Å². The topological polar surface area (TPSA) is 112 Å². The number of carbonyl (C=O) groups excluding carboxylic acids is 1. The first kappa shape index (κ1) is 21.6. The Balaban J connectivity index is 1.92. The average Bonchev–Trinajstić information content (AvgIpc) is 3.24. The van der Waals surface area contributed by atoms with Gasteiger partial charge in [-0.1, -0.05) is 20.8 Å².